The number of hydrogen-bond acceptors (Lipinski definition) is 5. The highest BCUT2D eigenvalue weighted by Crippen LogP contribution is 2.50. The fourth-order valence-electron chi connectivity index (χ4n) is 4.57. The van der Waals surface area contributed by atoms with E-state index in [1.165, 1.54) is 21.0 Å². The van der Waals surface area contributed by atoms with Crippen molar-refractivity contribution in [1.82, 2.24) is 15.8 Å². The molecule has 1 saturated heterocycles. The van der Waals surface area contributed by atoms with Crippen LogP contribution in [0.5, 0.6) is 0 Å². The van der Waals surface area contributed by atoms with E-state index < -0.39 is 5.97 Å². The molecule has 0 radical (unpaired) electrons. The van der Waals surface area contributed by atoms with Gasteiger partial charge in [0.2, 0.25) is 0 Å². The highest BCUT2D eigenvalue weighted by atomic mass is 35.5. The molecule has 6 nitrogen and oxygen atoms in total. The first-order valence-electron chi connectivity index (χ1n) is 9.70. The number of allylic oxidation sites excluding steroid dienone is 2. The fourth-order valence-corrected chi connectivity index (χ4v) is 6.94. The topological polar surface area (TPSA) is 67.8 Å². The second kappa shape index (κ2) is 7.41. The van der Waals surface area contributed by atoms with Crippen LogP contribution in [0.25, 0.3) is 0 Å². The van der Waals surface area contributed by atoms with E-state index >= 15 is 0 Å². The van der Waals surface area contributed by atoms with Gasteiger partial charge in [0.15, 0.2) is 0 Å². The van der Waals surface area contributed by atoms with E-state index in [1.807, 2.05) is 24.3 Å². The van der Waals surface area contributed by atoms with Gasteiger partial charge in [0, 0.05) is 29.0 Å². The zero-order chi connectivity index (χ0) is 20.1. The van der Waals surface area contributed by atoms with E-state index in [9.17, 15) is 9.90 Å². The molecule has 29 heavy (non-hydrogen) atoms. The molecule has 0 bridgehead atoms. The SMILES string of the molecule is CS1=C2C(=CN(c3ccccc3Cl)CC3NNCN23)C2=C1C=CC2CCC(=O)O. The van der Waals surface area contributed by atoms with Crippen molar-refractivity contribution in [3.8, 4) is 0 Å². The number of nitrogens with zero attached hydrogens (tertiary/aromatic N) is 2. The number of fused-ring (bicyclic) bond motifs is 4. The maximum Gasteiger partial charge on any atom is 0.303 e. The van der Waals surface area contributed by atoms with Crippen molar-refractivity contribution in [3.05, 3.63) is 63.7 Å². The maximum absolute atomic E-state index is 11.2. The molecule has 1 aliphatic carbocycles. The summed E-state index contributed by atoms with van der Waals surface area (Å²) in [5.74, 6) is -0.598. The zero-order valence-corrected chi connectivity index (χ0v) is 17.6. The third kappa shape index (κ3) is 3.17. The molecular weight excluding hydrogens is 408 g/mol. The van der Waals surface area contributed by atoms with E-state index in [2.05, 4.69) is 45.3 Å². The number of carboxylic acid groups (broad SMARTS) is 1. The summed E-state index contributed by atoms with van der Waals surface area (Å²) in [5.41, 5.74) is 10.2. The second-order valence-corrected chi connectivity index (χ2v) is 9.86. The first kappa shape index (κ1) is 19.1. The summed E-state index contributed by atoms with van der Waals surface area (Å²) >= 11 is 6.53. The molecule has 8 heteroatoms. The van der Waals surface area contributed by atoms with Gasteiger partial charge in [0.25, 0.3) is 0 Å². The average molecular weight is 431 g/mol. The number of anilines is 1. The minimum absolute atomic E-state index is 0.0481. The third-order valence-electron chi connectivity index (χ3n) is 5.90. The summed E-state index contributed by atoms with van der Waals surface area (Å²) < 4.78 is 0. The Bertz CT molecular complexity index is 1020. The summed E-state index contributed by atoms with van der Waals surface area (Å²) in [6.07, 6.45) is 9.82. The highest BCUT2D eigenvalue weighted by Gasteiger charge is 2.41. The summed E-state index contributed by atoms with van der Waals surface area (Å²) in [5, 5.41) is 9.90. The van der Waals surface area contributed by atoms with Crippen LogP contribution in [0.15, 0.2) is 58.7 Å². The van der Waals surface area contributed by atoms with Crippen LogP contribution < -0.4 is 15.8 Å². The Hall–Kier alpha value is -1.90. The lowest BCUT2D eigenvalue weighted by atomic mass is 9.91. The van der Waals surface area contributed by atoms with E-state index in [0.717, 1.165) is 23.9 Å². The first-order chi connectivity index (χ1) is 14.0. The molecule has 152 valence electrons. The summed E-state index contributed by atoms with van der Waals surface area (Å²) in [4.78, 5) is 18.5. The molecule has 1 aromatic rings. The number of benzene rings is 1. The molecule has 0 aromatic heterocycles. The molecule has 4 aliphatic rings. The first-order valence-corrected chi connectivity index (χ1v) is 11.7. The van der Waals surface area contributed by atoms with Gasteiger partial charge in [0.05, 0.1) is 35.1 Å². The minimum Gasteiger partial charge on any atom is -0.481 e. The van der Waals surface area contributed by atoms with Gasteiger partial charge < -0.3 is 10.0 Å². The van der Waals surface area contributed by atoms with Gasteiger partial charge in [-0.05, 0) is 30.4 Å². The summed E-state index contributed by atoms with van der Waals surface area (Å²) in [7, 11) is -0.0481. The molecule has 3 heterocycles. The highest BCUT2D eigenvalue weighted by molar-refractivity contribution is 8.19. The number of nitrogens with one attached hydrogen (secondary N) is 2. The van der Waals surface area contributed by atoms with Crippen molar-refractivity contribution in [3.63, 3.8) is 0 Å². The van der Waals surface area contributed by atoms with Crippen LogP contribution in [0.3, 0.4) is 0 Å². The number of halogens is 1. The van der Waals surface area contributed by atoms with E-state index in [0.29, 0.717) is 6.42 Å². The van der Waals surface area contributed by atoms with Gasteiger partial charge in [-0.1, -0.05) is 35.9 Å². The van der Waals surface area contributed by atoms with E-state index in [1.54, 1.807) is 0 Å². The van der Waals surface area contributed by atoms with Crippen LogP contribution in [0.1, 0.15) is 12.8 Å². The number of para-hydroxylation sites is 1. The molecule has 0 amide bonds. The second-order valence-electron chi connectivity index (χ2n) is 7.60. The molecule has 1 fully saturated rings. The normalized spacial score (nSPS) is 28.3. The number of hydrogen-bond donors (Lipinski definition) is 3. The molecular formula is C21H23ClN4O2S. The number of aliphatic carboxylic acids is 1. The molecule has 3 aliphatic heterocycles. The molecule has 3 unspecified atom stereocenters. The lowest BCUT2D eigenvalue weighted by molar-refractivity contribution is -0.137. The maximum atomic E-state index is 11.2. The fraction of sp³-hybridized carbons (Fsp3) is 0.333. The number of carbonyl (C=O) groups is 1. The van der Waals surface area contributed by atoms with Crippen LogP contribution in [0.2, 0.25) is 5.02 Å². The van der Waals surface area contributed by atoms with Crippen molar-refractivity contribution in [2.45, 2.75) is 19.0 Å². The van der Waals surface area contributed by atoms with Crippen LogP contribution >= 0.6 is 22.1 Å². The van der Waals surface area contributed by atoms with E-state index in [4.69, 9.17) is 11.6 Å². The Morgan fingerprint density at radius 3 is 3.00 bits per heavy atom. The van der Waals surface area contributed by atoms with Gasteiger partial charge in [-0.2, -0.15) is 0 Å². The van der Waals surface area contributed by atoms with Crippen molar-refractivity contribution in [1.29, 1.82) is 0 Å². The largest absolute Gasteiger partial charge is 0.481 e. The molecule has 0 spiro atoms. The van der Waals surface area contributed by atoms with Crippen LogP contribution in [-0.2, 0) is 4.79 Å². The standard InChI is InChI=1S/C21H23ClN4O2S/c1-29-17-8-6-13(7-9-19(27)28)20(17)14-10-25(16-5-3-2-4-15(16)22)11-18-24-23-12-26(18)21(14)29/h2-6,8,10,13,18,23-24H,7,9,11-12H2,1H3,(H,27,28). The summed E-state index contributed by atoms with van der Waals surface area (Å²) in [6, 6.07) is 7.91. The van der Waals surface area contributed by atoms with Gasteiger partial charge in [-0.25, -0.2) is 15.8 Å². The predicted molar refractivity (Wildman–Crippen MR) is 119 cm³/mol. The Morgan fingerprint density at radius 1 is 1.38 bits per heavy atom. The van der Waals surface area contributed by atoms with E-state index in [-0.39, 0.29) is 29.0 Å². The third-order valence-corrected chi connectivity index (χ3v) is 8.27. The Morgan fingerprint density at radius 2 is 2.21 bits per heavy atom. The van der Waals surface area contributed by atoms with Crippen LogP contribution in [-0.4, -0.2) is 46.6 Å². The Kier molecular flexibility index (Phi) is 4.88. The van der Waals surface area contributed by atoms with Crippen molar-refractivity contribution < 1.29 is 9.90 Å². The predicted octanol–water partition coefficient (Wildman–Crippen LogP) is 3.08. The van der Waals surface area contributed by atoms with Gasteiger partial charge in [-0.15, -0.1) is 10.5 Å². The van der Waals surface area contributed by atoms with Crippen molar-refractivity contribution in [2.75, 3.05) is 24.4 Å². The molecule has 1 aromatic carbocycles. The number of rotatable bonds is 4. The van der Waals surface area contributed by atoms with Gasteiger partial charge in [-0.3, -0.25) is 4.79 Å². The molecule has 3 N–H and O–H groups in total. The Balaban J connectivity index is 1.60. The van der Waals surface area contributed by atoms with Crippen LogP contribution in [0.4, 0.5) is 5.69 Å². The van der Waals surface area contributed by atoms with Crippen LogP contribution in [0, 0.1) is 5.92 Å². The number of carboxylic acids is 1. The minimum atomic E-state index is -0.745. The van der Waals surface area contributed by atoms with Crippen molar-refractivity contribution in [2.24, 2.45) is 5.92 Å². The zero-order valence-electron chi connectivity index (χ0n) is 16.1. The molecule has 5 rings (SSSR count). The molecule has 3 atom stereocenters. The van der Waals surface area contributed by atoms with Crippen molar-refractivity contribution >= 4 is 38.7 Å². The molecule has 0 saturated carbocycles. The van der Waals surface area contributed by atoms with Gasteiger partial charge in [0.1, 0.15) is 0 Å². The monoisotopic (exact) mass is 430 g/mol. The summed E-state index contributed by atoms with van der Waals surface area (Å²) in [6.45, 7) is 1.51. The average Bonchev–Trinajstić information content (AvgIpc) is 3.35. The number of hydrazine groups is 1. The Labute approximate surface area is 177 Å². The lowest BCUT2D eigenvalue weighted by Gasteiger charge is -2.27. The lowest BCUT2D eigenvalue weighted by Crippen LogP contribution is -2.45. The van der Waals surface area contributed by atoms with Gasteiger partial charge >= 0.3 is 5.97 Å². The quantitative estimate of drug-likeness (QED) is 0.638. The smallest absolute Gasteiger partial charge is 0.303 e.